The zero-order chi connectivity index (χ0) is 21.1. The molecule has 154 valence electrons. The third kappa shape index (κ3) is 3.52. The van der Waals surface area contributed by atoms with Crippen LogP contribution in [0.2, 0.25) is 0 Å². The highest BCUT2D eigenvalue weighted by Gasteiger charge is 2.34. The first-order valence-electron chi connectivity index (χ1n) is 10.7. The Morgan fingerprint density at radius 3 is 2.33 bits per heavy atom. The summed E-state index contributed by atoms with van der Waals surface area (Å²) < 4.78 is 0. The summed E-state index contributed by atoms with van der Waals surface area (Å²) in [4.78, 5) is 19.0. The quantitative estimate of drug-likeness (QED) is 0.409. The molecule has 4 aromatic rings. The van der Waals surface area contributed by atoms with E-state index in [4.69, 9.17) is 0 Å². The number of amides is 1. The van der Waals surface area contributed by atoms with Crippen molar-refractivity contribution in [1.29, 1.82) is 0 Å². The van der Waals surface area contributed by atoms with E-state index in [2.05, 4.69) is 60.4 Å². The highest BCUT2D eigenvalue weighted by atomic mass is 16.2. The topological polar surface area (TPSA) is 36.1 Å². The van der Waals surface area contributed by atoms with E-state index < -0.39 is 0 Å². The molecule has 0 bridgehead atoms. The molecule has 1 atom stereocenters. The average molecular weight is 399 g/mol. The highest BCUT2D eigenvalue weighted by molar-refractivity contribution is 5.95. The number of para-hydroxylation sites is 1. The van der Waals surface area contributed by atoms with Crippen molar-refractivity contribution < 1.29 is 6.22 Å². The molecule has 2 heterocycles. The summed E-state index contributed by atoms with van der Waals surface area (Å²) in [5.41, 5.74) is 6.71. The molecule has 0 radical (unpaired) electrons. The van der Waals surface area contributed by atoms with E-state index in [0.29, 0.717) is 6.54 Å². The van der Waals surface area contributed by atoms with Crippen molar-refractivity contribution in [1.82, 2.24) is 9.88 Å². The number of hydrogen-bond donors (Lipinski definition) is 1. The van der Waals surface area contributed by atoms with Crippen LogP contribution in [0.15, 0.2) is 78.9 Å². The van der Waals surface area contributed by atoms with Gasteiger partial charge in [-0.3, -0.25) is 4.79 Å². The fourth-order valence-electron chi connectivity index (χ4n) is 4.30. The van der Waals surface area contributed by atoms with Crippen molar-refractivity contribution in [2.45, 2.75) is 33.2 Å². The van der Waals surface area contributed by atoms with E-state index in [0.717, 1.165) is 28.8 Å². The standard InChI is InChI=1S/C25H22N2O.C2H6.H2/c1-17-11-13-18(14-12-17)24-23-21(20-9-5-6-10-22(20)26-23)15-16-27(24)25(28)19-7-3-2-4-8-19;1-2;/h2-14,24,26H,15-16H2,1H3;1-2H3;1H. The molecule has 0 saturated carbocycles. The minimum atomic E-state index is -0.107. The average Bonchev–Trinajstić information content (AvgIpc) is 3.19. The number of H-pyrrole nitrogens is 1. The van der Waals surface area contributed by atoms with Gasteiger partial charge in [0.25, 0.3) is 5.91 Å². The van der Waals surface area contributed by atoms with Crippen LogP contribution in [-0.4, -0.2) is 22.3 Å². The number of aromatic nitrogens is 1. The maximum Gasteiger partial charge on any atom is 0.254 e. The summed E-state index contributed by atoms with van der Waals surface area (Å²) in [6, 6.07) is 26.4. The summed E-state index contributed by atoms with van der Waals surface area (Å²) >= 11 is 0. The lowest BCUT2D eigenvalue weighted by Crippen LogP contribution is -2.40. The van der Waals surface area contributed by atoms with E-state index in [-0.39, 0.29) is 13.4 Å². The normalized spacial score (nSPS) is 15.3. The zero-order valence-electron chi connectivity index (χ0n) is 17.9. The number of fused-ring (bicyclic) bond motifs is 3. The highest BCUT2D eigenvalue weighted by Crippen LogP contribution is 2.39. The van der Waals surface area contributed by atoms with Gasteiger partial charge in [-0.25, -0.2) is 0 Å². The lowest BCUT2D eigenvalue weighted by molar-refractivity contribution is 0.0692. The van der Waals surface area contributed by atoms with E-state index in [1.807, 2.05) is 49.1 Å². The molecule has 0 fully saturated rings. The molecule has 1 aliphatic rings. The first kappa shape index (κ1) is 20.0. The molecule has 5 rings (SSSR count). The molecule has 3 aromatic carbocycles. The number of aromatic amines is 1. The predicted molar refractivity (Wildman–Crippen MR) is 126 cm³/mol. The van der Waals surface area contributed by atoms with Crippen molar-refractivity contribution in [2.75, 3.05) is 6.54 Å². The SMILES string of the molecule is CC.Cc1ccc(C2c3[nH]c4ccccc4c3CCN2C(=O)c2ccccc2)cc1.[HH]. The number of nitrogens with zero attached hydrogens (tertiary/aromatic N) is 1. The molecular weight excluding hydrogens is 368 g/mol. The second-order valence-electron chi connectivity index (χ2n) is 7.49. The summed E-state index contributed by atoms with van der Waals surface area (Å²) in [7, 11) is 0. The minimum absolute atomic E-state index is 0. The first-order chi connectivity index (χ1) is 14.7. The Labute approximate surface area is 179 Å². The third-order valence-electron chi connectivity index (χ3n) is 5.71. The number of carbonyl (C=O) groups is 1. The summed E-state index contributed by atoms with van der Waals surface area (Å²) in [6.07, 6.45) is 0.861. The molecule has 1 N–H and O–H groups in total. The number of hydrogen-bond acceptors (Lipinski definition) is 1. The van der Waals surface area contributed by atoms with Crippen LogP contribution < -0.4 is 0 Å². The van der Waals surface area contributed by atoms with E-state index in [1.165, 1.54) is 16.5 Å². The maximum absolute atomic E-state index is 13.4. The molecule has 30 heavy (non-hydrogen) atoms. The van der Waals surface area contributed by atoms with Gasteiger partial charge in [-0.05, 0) is 42.7 Å². The summed E-state index contributed by atoms with van der Waals surface area (Å²) in [5, 5.41) is 1.27. The minimum Gasteiger partial charge on any atom is -0.356 e. The summed E-state index contributed by atoms with van der Waals surface area (Å²) in [6.45, 7) is 6.80. The number of benzene rings is 3. The number of carbonyl (C=O) groups excluding carboxylic acids is 1. The molecule has 0 saturated heterocycles. The second kappa shape index (κ2) is 8.58. The predicted octanol–water partition coefficient (Wildman–Crippen LogP) is 6.54. The number of rotatable bonds is 2. The lowest BCUT2D eigenvalue weighted by atomic mass is 9.91. The largest absolute Gasteiger partial charge is 0.356 e. The first-order valence-corrected chi connectivity index (χ1v) is 10.7. The van der Waals surface area contributed by atoms with Gasteiger partial charge in [0.15, 0.2) is 0 Å². The van der Waals surface area contributed by atoms with Gasteiger partial charge < -0.3 is 9.88 Å². The molecule has 3 heteroatoms. The van der Waals surface area contributed by atoms with E-state index in [9.17, 15) is 4.79 Å². The van der Waals surface area contributed by atoms with E-state index in [1.54, 1.807) is 0 Å². The van der Waals surface area contributed by atoms with Crippen LogP contribution in [0.1, 0.15) is 54.1 Å². The Morgan fingerprint density at radius 2 is 1.60 bits per heavy atom. The Kier molecular flexibility index (Phi) is 5.71. The van der Waals surface area contributed by atoms with Crippen LogP contribution >= 0.6 is 0 Å². The zero-order valence-corrected chi connectivity index (χ0v) is 17.9. The molecule has 0 aliphatic carbocycles. The number of nitrogens with one attached hydrogen (secondary N) is 1. The Bertz CT molecular complexity index is 1150. The van der Waals surface area contributed by atoms with Gasteiger partial charge in [0, 0.05) is 30.1 Å². The Balaban J connectivity index is 0.000000883. The Morgan fingerprint density at radius 1 is 0.933 bits per heavy atom. The van der Waals surface area contributed by atoms with Gasteiger partial charge in [0.1, 0.15) is 0 Å². The number of aryl methyl sites for hydroxylation is 1. The summed E-state index contributed by atoms with van der Waals surface area (Å²) in [5.74, 6) is 0.0791. The smallest absolute Gasteiger partial charge is 0.254 e. The molecule has 3 nitrogen and oxygen atoms in total. The molecule has 0 spiro atoms. The molecule has 1 amide bonds. The van der Waals surface area contributed by atoms with Crippen molar-refractivity contribution >= 4 is 16.8 Å². The monoisotopic (exact) mass is 398 g/mol. The molecular formula is C27H30N2O. The van der Waals surface area contributed by atoms with Gasteiger partial charge in [0.2, 0.25) is 0 Å². The van der Waals surface area contributed by atoms with Crippen molar-refractivity contribution in [3.05, 3.63) is 107 Å². The van der Waals surface area contributed by atoms with Crippen LogP contribution in [0, 0.1) is 6.92 Å². The fraction of sp³-hybridized carbons (Fsp3) is 0.222. The van der Waals surface area contributed by atoms with Gasteiger partial charge >= 0.3 is 0 Å². The lowest BCUT2D eigenvalue weighted by Gasteiger charge is -2.36. The molecule has 1 unspecified atom stereocenters. The van der Waals surface area contributed by atoms with Crippen molar-refractivity contribution in [3.63, 3.8) is 0 Å². The van der Waals surface area contributed by atoms with Crippen LogP contribution in [0.5, 0.6) is 0 Å². The van der Waals surface area contributed by atoms with Gasteiger partial charge in [0.05, 0.1) is 6.04 Å². The fourth-order valence-corrected chi connectivity index (χ4v) is 4.30. The maximum atomic E-state index is 13.4. The van der Waals surface area contributed by atoms with Gasteiger partial charge in [-0.2, -0.15) is 0 Å². The molecule has 1 aromatic heterocycles. The van der Waals surface area contributed by atoms with Crippen molar-refractivity contribution in [2.24, 2.45) is 0 Å². The van der Waals surface area contributed by atoms with Crippen LogP contribution in [0.4, 0.5) is 0 Å². The van der Waals surface area contributed by atoms with Gasteiger partial charge in [-0.15, -0.1) is 0 Å². The van der Waals surface area contributed by atoms with Crippen LogP contribution in [-0.2, 0) is 6.42 Å². The van der Waals surface area contributed by atoms with E-state index >= 15 is 0 Å². The van der Waals surface area contributed by atoms with Crippen LogP contribution in [0.3, 0.4) is 0 Å². The van der Waals surface area contributed by atoms with Crippen LogP contribution in [0.25, 0.3) is 10.9 Å². The van der Waals surface area contributed by atoms with Gasteiger partial charge in [-0.1, -0.05) is 80.1 Å². The molecule has 1 aliphatic heterocycles. The van der Waals surface area contributed by atoms with Crippen molar-refractivity contribution in [3.8, 4) is 0 Å². The second-order valence-corrected chi connectivity index (χ2v) is 7.49. The third-order valence-corrected chi connectivity index (χ3v) is 5.71. The Hall–Kier alpha value is -3.33.